The maximum atomic E-state index is 12.3. The molecule has 18 heteroatoms. The zero-order valence-corrected chi connectivity index (χ0v) is 40.7. The molecule has 3 heterocycles. The molecule has 60 heavy (non-hydrogen) atoms. The molecule has 0 N–H and O–H groups in total. The Balaban J connectivity index is 0.000000199. The van der Waals surface area contributed by atoms with Crippen LogP contribution in [0.25, 0.3) is 32.7 Å². The molecule has 6 aromatic rings. The van der Waals surface area contributed by atoms with E-state index in [0.717, 1.165) is 27.5 Å². The van der Waals surface area contributed by atoms with Gasteiger partial charge in [-0.15, -0.1) is 0 Å². The number of benzene rings is 3. The second-order valence-electron chi connectivity index (χ2n) is 16.2. The lowest BCUT2D eigenvalue weighted by molar-refractivity contribution is 0.0511. The number of methoxy groups -OCH3 is 3. The summed E-state index contributed by atoms with van der Waals surface area (Å²) in [6.45, 7) is 18.2. The third-order valence-corrected chi connectivity index (χ3v) is 9.39. The normalized spacial score (nSPS) is 11.8. The van der Waals surface area contributed by atoms with E-state index >= 15 is 0 Å². The molecule has 0 atom stereocenters. The lowest BCUT2D eigenvalue weighted by Crippen LogP contribution is -2.27. The minimum atomic E-state index is -0.587. The van der Waals surface area contributed by atoms with E-state index < -0.39 is 35.1 Å². The third-order valence-electron chi connectivity index (χ3n) is 7.99. The molecule has 0 spiro atoms. The summed E-state index contributed by atoms with van der Waals surface area (Å²) in [5.74, 6) is 2.00. The summed E-state index contributed by atoms with van der Waals surface area (Å²) in [6.07, 6.45) is -1.51. The number of aryl methyl sites for hydroxylation is 1. The predicted molar refractivity (Wildman–Crippen MR) is 242 cm³/mol. The number of fused-ring (bicyclic) bond motifs is 3. The number of carbonyl (C=O) groups is 3. The number of hydrogen-bond acceptors (Lipinski definition) is 12. The fourth-order valence-electron chi connectivity index (χ4n) is 5.50. The number of ether oxygens (including phenoxy) is 6. The highest BCUT2D eigenvalue weighted by molar-refractivity contribution is 9.24. The van der Waals surface area contributed by atoms with Gasteiger partial charge in [0.15, 0.2) is 0 Å². The molecule has 0 unspecified atom stereocenters. The van der Waals surface area contributed by atoms with Crippen molar-refractivity contribution in [1.29, 1.82) is 0 Å². The van der Waals surface area contributed by atoms with E-state index in [0.29, 0.717) is 44.8 Å². The highest BCUT2D eigenvalue weighted by atomic mass is 79.9. The minimum Gasteiger partial charge on any atom is -0.497 e. The largest absolute Gasteiger partial charge is 0.497 e. The first-order valence-corrected chi connectivity index (χ1v) is 21.5. The highest BCUT2D eigenvalue weighted by Gasteiger charge is 2.25. The van der Waals surface area contributed by atoms with Crippen LogP contribution >= 0.6 is 47.8 Å². The van der Waals surface area contributed by atoms with Crippen molar-refractivity contribution in [3.8, 4) is 17.2 Å². The number of aromatic nitrogens is 6. The van der Waals surface area contributed by atoms with E-state index in [1.54, 1.807) is 39.5 Å². The molecule has 15 nitrogen and oxygen atoms in total. The monoisotopic (exact) mass is 1020 g/mol. The number of hydrogen-bond donors (Lipinski definition) is 0. The standard InChI is InChI=1S/C14H16Br2N2O3.C14H17BrN2O3.C14H18N2O3/c1-14(2,3)21-13(19)18-10-7-8(20-4)5-6-9(10)11(17-18)12(15)16;1-14(2,3)20-13(18)17-12-7-9(19-4)5-6-10(12)11(8-15)16-17;1-9-11-7-6-10(18-5)8-12(11)16(15-9)13(17)19-14(2,3)4/h5-7,12H,1-4H3;5-7H,8H2,1-4H3;6-8H,1-5H3. The van der Waals surface area contributed by atoms with Crippen LogP contribution in [0.1, 0.15) is 83.1 Å². The van der Waals surface area contributed by atoms with Gasteiger partial charge < -0.3 is 28.4 Å². The summed E-state index contributed by atoms with van der Waals surface area (Å²) in [5, 5.41) is 16.1. The number of halogens is 3. The van der Waals surface area contributed by atoms with Gasteiger partial charge in [0.1, 0.15) is 37.8 Å². The lowest BCUT2D eigenvalue weighted by Gasteiger charge is -2.19. The number of nitrogens with zero attached hydrogens (tertiary/aromatic N) is 6. The van der Waals surface area contributed by atoms with Crippen LogP contribution in [0.15, 0.2) is 54.6 Å². The van der Waals surface area contributed by atoms with Crippen LogP contribution in [0.3, 0.4) is 0 Å². The van der Waals surface area contributed by atoms with Gasteiger partial charge in [0, 0.05) is 39.7 Å². The smallest absolute Gasteiger partial charge is 0.435 e. The molecule has 0 radical (unpaired) electrons. The molecule has 3 aromatic carbocycles. The molecule has 0 bridgehead atoms. The minimum absolute atomic E-state index is 0.162. The molecule has 6 rings (SSSR count). The van der Waals surface area contributed by atoms with Gasteiger partial charge in [0.05, 0.1) is 55.0 Å². The Morgan fingerprint density at radius 3 is 1.30 bits per heavy atom. The zero-order valence-electron chi connectivity index (χ0n) is 36.0. The van der Waals surface area contributed by atoms with Crippen LogP contribution in [0.5, 0.6) is 17.2 Å². The fourth-order valence-corrected chi connectivity index (χ4v) is 6.59. The highest BCUT2D eigenvalue weighted by Crippen LogP contribution is 2.35. The SMILES string of the molecule is COc1ccc2c(C(Br)Br)nn(C(=O)OC(C)(C)C)c2c1.COc1ccc2c(C)nn(C(=O)OC(C)(C)C)c2c1.COc1ccc2c(CBr)nn(C(=O)OC(C)(C)C)c2c1. The van der Waals surface area contributed by atoms with Crippen LogP contribution in [-0.4, -0.2) is 85.8 Å². The van der Waals surface area contributed by atoms with Gasteiger partial charge in [-0.25, -0.2) is 14.4 Å². The zero-order chi connectivity index (χ0) is 44.9. The van der Waals surface area contributed by atoms with Crippen molar-refractivity contribution in [3.63, 3.8) is 0 Å². The van der Waals surface area contributed by atoms with Crippen molar-refractivity contribution in [2.75, 3.05) is 21.3 Å². The first kappa shape index (κ1) is 48.0. The Labute approximate surface area is 374 Å². The first-order chi connectivity index (χ1) is 27.9. The van der Waals surface area contributed by atoms with Crippen molar-refractivity contribution in [3.05, 3.63) is 71.7 Å². The van der Waals surface area contributed by atoms with E-state index in [1.165, 1.54) is 14.0 Å². The molecule has 0 saturated heterocycles. The predicted octanol–water partition coefficient (Wildman–Crippen LogP) is 11.5. The first-order valence-electron chi connectivity index (χ1n) is 18.6. The van der Waals surface area contributed by atoms with Gasteiger partial charge in [-0.1, -0.05) is 47.8 Å². The van der Waals surface area contributed by atoms with Crippen molar-refractivity contribution in [1.82, 2.24) is 29.3 Å². The molecule has 0 aliphatic carbocycles. The summed E-state index contributed by atoms with van der Waals surface area (Å²) < 4.78 is 35.3. The van der Waals surface area contributed by atoms with Crippen molar-refractivity contribution < 1.29 is 42.8 Å². The molecule has 0 fully saturated rings. The van der Waals surface area contributed by atoms with Crippen molar-refractivity contribution >= 4 is 98.8 Å². The fraction of sp³-hybridized carbons (Fsp3) is 0.429. The van der Waals surface area contributed by atoms with Crippen LogP contribution < -0.4 is 14.2 Å². The van der Waals surface area contributed by atoms with E-state index in [1.807, 2.05) is 106 Å². The Kier molecular flexibility index (Phi) is 15.5. The molecule has 0 amide bonds. The lowest BCUT2D eigenvalue weighted by atomic mass is 10.2. The van der Waals surface area contributed by atoms with E-state index in [-0.39, 0.29) is 3.74 Å². The molecule has 324 valence electrons. The van der Waals surface area contributed by atoms with Crippen molar-refractivity contribution in [2.24, 2.45) is 0 Å². The van der Waals surface area contributed by atoms with E-state index in [9.17, 15) is 14.4 Å². The maximum Gasteiger partial charge on any atom is 0.435 e. The van der Waals surface area contributed by atoms with Gasteiger partial charge in [0.25, 0.3) is 0 Å². The molecule has 0 aliphatic heterocycles. The van der Waals surface area contributed by atoms with Crippen LogP contribution in [0.2, 0.25) is 0 Å². The summed E-state index contributed by atoms with van der Waals surface area (Å²) in [4.78, 5) is 36.7. The van der Waals surface area contributed by atoms with E-state index in [2.05, 4.69) is 63.1 Å². The molecular formula is C42H51Br3N6O9. The summed E-state index contributed by atoms with van der Waals surface area (Å²) >= 11 is 10.2. The summed E-state index contributed by atoms with van der Waals surface area (Å²) in [7, 11) is 4.75. The average Bonchev–Trinajstić information content (AvgIpc) is 3.83. The van der Waals surface area contributed by atoms with Gasteiger partial charge >= 0.3 is 18.3 Å². The second-order valence-corrected chi connectivity index (χ2v) is 19.8. The topological polar surface area (TPSA) is 160 Å². The number of rotatable bonds is 5. The van der Waals surface area contributed by atoms with Gasteiger partial charge in [-0.2, -0.15) is 29.3 Å². The Bertz CT molecular complexity index is 2490. The third kappa shape index (κ3) is 12.2. The van der Waals surface area contributed by atoms with Crippen molar-refractivity contribution in [2.45, 2.75) is 95.1 Å². The number of carbonyl (C=O) groups excluding carboxylic acids is 3. The summed E-state index contributed by atoms with van der Waals surface area (Å²) in [6, 6.07) is 16.5. The average molecular weight is 1020 g/mol. The molecular weight excluding hydrogens is 972 g/mol. The van der Waals surface area contributed by atoms with Crippen LogP contribution in [0.4, 0.5) is 14.4 Å². The quantitative estimate of drug-likeness (QED) is 0.119. The molecule has 0 saturated carbocycles. The van der Waals surface area contributed by atoms with Gasteiger partial charge in [0.2, 0.25) is 0 Å². The maximum absolute atomic E-state index is 12.3. The molecule has 3 aromatic heterocycles. The van der Waals surface area contributed by atoms with E-state index in [4.69, 9.17) is 28.4 Å². The summed E-state index contributed by atoms with van der Waals surface area (Å²) in [5.41, 5.74) is 2.57. The van der Waals surface area contributed by atoms with Gasteiger partial charge in [-0.3, -0.25) is 0 Å². The van der Waals surface area contributed by atoms with Gasteiger partial charge in [-0.05, 0) is 106 Å². The Hall–Kier alpha value is -4.68. The van der Waals surface area contributed by atoms with Crippen LogP contribution in [-0.2, 0) is 19.5 Å². The molecule has 0 aliphatic rings. The Morgan fingerprint density at radius 1 is 0.567 bits per heavy atom. The number of alkyl halides is 3. The second kappa shape index (κ2) is 19.4. The van der Waals surface area contributed by atoms with Crippen LogP contribution in [0, 0.1) is 6.92 Å². The Morgan fingerprint density at radius 2 is 0.917 bits per heavy atom.